The van der Waals surface area contributed by atoms with Crippen molar-refractivity contribution in [1.29, 1.82) is 0 Å². The van der Waals surface area contributed by atoms with Gasteiger partial charge in [0.15, 0.2) is 5.78 Å². The van der Waals surface area contributed by atoms with Gasteiger partial charge in [0.1, 0.15) is 5.75 Å². The third-order valence-electron chi connectivity index (χ3n) is 4.33. The summed E-state index contributed by atoms with van der Waals surface area (Å²) in [4.78, 5) is 26.4. The minimum absolute atomic E-state index is 0.109. The van der Waals surface area contributed by atoms with Crippen LogP contribution in [0.25, 0.3) is 0 Å². The average molecular weight is 273 g/mol. The highest BCUT2D eigenvalue weighted by Gasteiger charge is 2.33. The molecule has 3 rings (SSSR count). The number of rotatable bonds is 2. The maximum atomic E-state index is 12.6. The Morgan fingerprint density at radius 2 is 2.05 bits per heavy atom. The Hall–Kier alpha value is -1.84. The zero-order valence-corrected chi connectivity index (χ0v) is 11.7. The average Bonchev–Trinajstić information content (AvgIpc) is 3.01. The Morgan fingerprint density at radius 3 is 2.75 bits per heavy atom. The molecule has 20 heavy (non-hydrogen) atoms. The van der Waals surface area contributed by atoms with Gasteiger partial charge in [-0.2, -0.15) is 0 Å². The fraction of sp³-hybridized carbons (Fsp3) is 0.500. The van der Waals surface area contributed by atoms with Gasteiger partial charge >= 0.3 is 0 Å². The van der Waals surface area contributed by atoms with Gasteiger partial charge in [-0.15, -0.1) is 0 Å². The maximum absolute atomic E-state index is 12.6. The van der Waals surface area contributed by atoms with Crippen LogP contribution in [-0.2, 0) is 4.79 Å². The van der Waals surface area contributed by atoms with Crippen LogP contribution >= 0.6 is 0 Å². The van der Waals surface area contributed by atoms with E-state index in [1.165, 1.54) is 0 Å². The minimum Gasteiger partial charge on any atom is -0.497 e. The molecular weight excluding hydrogens is 254 g/mol. The van der Waals surface area contributed by atoms with Gasteiger partial charge in [-0.1, -0.05) is 12.8 Å². The van der Waals surface area contributed by atoms with Crippen LogP contribution in [0.1, 0.15) is 42.5 Å². The Labute approximate surface area is 118 Å². The Morgan fingerprint density at radius 1 is 1.30 bits per heavy atom. The first kappa shape index (κ1) is 13.2. The van der Waals surface area contributed by atoms with Crippen molar-refractivity contribution in [3.8, 4) is 5.75 Å². The van der Waals surface area contributed by atoms with Crippen molar-refractivity contribution >= 4 is 17.4 Å². The van der Waals surface area contributed by atoms with E-state index in [0.29, 0.717) is 24.3 Å². The summed E-state index contributed by atoms with van der Waals surface area (Å²) >= 11 is 0. The lowest BCUT2D eigenvalue weighted by molar-refractivity contribution is -0.122. The van der Waals surface area contributed by atoms with E-state index in [2.05, 4.69) is 0 Å². The summed E-state index contributed by atoms with van der Waals surface area (Å²) < 4.78 is 5.22. The molecule has 1 heterocycles. The van der Waals surface area contributed by atoms with Crippen molar-refractivity contribution in [3.05, 3.63) is 23.8 Å². The Bertz CT molecular complexity index is 547. The lowest BCUT2D eigenvalue weighted by Crippen LogP contribution is -2.40. The van der Waals surface area contributed by atoms with Crippen LogP contribution in [0, 0.1) is 5.92 Å². The number of methoxy groups -OCH3 is 1. The molecule has 0 radical (unpaired) electrons. The maximum Gasteiger partial charge on any atom is 0.230 e. The number of ketones is 1. The van der Waals surface area contributed by atoms with Crippen LogP contribution in [0.5, 0.6) is 5.75 Å². The van der Waals surface area contributed by atoms with Crippen molar-refractivity contribution in [3.63, 3.8) is 0 Å². The summed E-state index contributed by atoms with van der Waals surface area (Å²) in [5, 5.41) is 0. The van der Waals surface area contributed by atoms with Gasteiger partial charge in [-0.3, -0.25) is 9.59 Å². The third-order valence-corrected chi connectivity index (χ3v) is 4.33. The standard InChI is InChI=1S/C16H19NO3/c1-20-12-6-7-13-14(10-12)17(9-8-15(13)18)16(19)11-4-2-3-5-11/h6-7,10-11H,2-5,8-9H2,1H3. The predicted molar refractivity (Wildman–Crippen MR) is 76.3 cm³/mol. The van der Waals surface area contributed by atoms with Gasteiger partial charge in [-0.05, 0) is 25.0 Å². The first-order valence-electron chi connectivity index (χ1n) is 7.23. The number of amides is 1. The highest BCUT2D eigenvalue weighted by atomic mass is 16.5. The number of hydrogen-bond acceptors (Lipinski definition) is 3. The largest absolute Gasteiger partial charge is 0.497 e. The van der Waals surface area contributed by atoms with Gasteiger partial charge in [0.25, 0.3) is 0 Å². The normalized spacial score (nSPS) is 19.1. The quantitative estimate of drug-likeness (QED) is 0.832. The minimum atomic E-state index is 0.109. The van der Waals surface area contributed by atoms with E-state index in [4.69, 9.17) is 4.74 Å². The van der Waals surface area contributed by atoms with E-state index >= 15 is 0 Å². The lowest BCUT2D eigenvalue weighted by atomic mass is 9.97. The molecular formula is C16H19NO3. The summed E-state index contributed by atoms with van der Waals surface area (Å²) in [6.45, 7) is 0.494. The zero-order chi connectivity index (χ0) is 14.1. The van der Waals surface area contributed by atoms with Crippen molar-refractivity contribution in [1.82, 2.24) is 0 Å². The molecule has 1 fully saturated rings. The number of anilines is 1. The van der Waals surface area contributed by atoms with Crippen molar-refractivity contribution in [2.24, 2.45) is 5.92 Å². The fourth-order valence-electron chi connectivity index (χ4n) is 3.19. The van der Waals surface area contributed by atoms with Crippen LogP contribution in [-0.4, -0.2) is 25.3 Å². The van der Waals surface area contributed by atoms with Gasteiger partial charge in [0.2, 0.25) is 5.91 Å². The molecule has 1 saturated carbocycles. The molecule has 0 bridgehead atoms. The van der Waals surface area contributed by atoms with Crippen LogP contribution < -0.4 is 9.64 Å². The molecule has 0 unspecified atom stereocenters. The Balaban J connectivity index is 1.96. The molecule has 0 spiro atoms. The summed E-state index contributed by atoms with van der Waals surface area (Å²) in [6.07, 6.45) is 4.63. The molecule has 2 aliphatic rings. The molecule has 0 atom stereocenters. The summed E-state index contributed by atoms with van der Waals surface area (Å²) in [7, 11) is 1.59. The molecule has 1 aliphatic carbocycles. The highest BCUT2D eigenvalue weighted by Crippen LogP contribution is 2.34. The highest BCUT2D eigenvalue weighted by molar-refractivity contribution is 6.09. The molecule has 0 N–H and O–H groups in total. The van der Waals surface area contributed by atoms with Crippen LogP contribution in [0.4, 0.5) is 5.69 Å². The van der Waals surface area contributed by atoms with Gasteiger partial charge < -0.3 is 9.64 Å². The number of carbonyl (C=O) groups excluding carboxylic acids is 2. The lowest BCUT2D eigenvalue weighted by Gasteiger charge is -2.31. The third kappa shape index (κ3) is 2.19. The molecule has 0 aromatic heterocycles. The second-order valence-electron chi connectivity index (χ2n) is 5.53. The molecule has 0 saturated heterocycles. The smallest absolute Gasteiger partial charge is 0.230 e. The van der Waals surface area contributed by atoms with Crippen molar-refractivity contribution in [2.75, 3.05) is 18.6 Å². The number of benzene rings is 1. The van der Waals surface area contributed by atoms with Crippen molar-refractivity contribution in [2.45, 2.75) is 32.1 Å². The monoisotopic (exact) mass is 273 g/mol. The molecule has 1 aliphatic heterocycles. The Kier molecular flexibility index (Phi) is 3.47. The topological polar surface area (TPSA) is 46.6 Å². The number of ether oxygens (including phenoxy) is 1. The molecule has 1 aromatic rings. The summed E-state index contributed by atoms with van der Waals surface area (Å²) in [5.74, 6) is 1.09. The number of hydrogen-bond donors (Lipinski definition) is 0. The zero-order valence-electron chi connectivity index (χ0n) is 11.7. The van der Waals surface area contributed by atoms with Gasteiger partial charge in [0, 0.05) is 30.5 Å². The van der Waals surface area contributed by atoms with Crippen molar-refractivity contribution < 1.29 is 14.3 Å². The molecule has 106 valence electrons. The molecule has 4 nitrogen and oxygen atoms in total. The SMILES string of the molecule is COc1ccc2c(c1)N(C(=O)C1CCCC1)CCC2=O. The predicted octanol–water partition coefficient (Wildman–Crippen LogP) is 2.80. The summed E-state index contributed by atoms with van der Waals surface area (Å²) in [6, 6.07) is 5.35. The molecule has 1 amide bonds. The molecule has 4 heteroatoms. The number of carbonyl (C=O) groups is 2. The second kappa shape index (κ2) is 5.27. The van der Waals surface area contributed by atoms with Crippen LogP contribution in [0.15, 0.2) is 18.2 Å². The second-order valence-corrected chi connectivity index (χ2v) is 5.53. The summed E-state index contributed by atoms with van der Waals surface area (Å²) in [5.41, 5.74) is 1.36. The van der Waals surface area contributed by atoms with Crippen LogP contribution in [0.3, 0.4) is 0 Å². The van der Waals surface area contributed by atoms with E-state index < -0.39 is 0 Å². The van der Waals surface area contributed by atoms with E-state index in [-0.39, 0.29) is 17.6 Å². The van der Waals surface area contributed by atoms with E-state index in [9.17, 15) is 9.59 Å². The first-order valence-corrected chi connectivity index (χ1v) is 7.23. The number of nitrogens with zero attached hydrogens (tertiary/aromatic N) is 1. The van der Waals surface area contributed by atoms with E-state index in [1.54, 1.807) is 30.2 Å². The van der Waals surface area contributed by atoms with Gasteiger partial charge in [-0.25, -0.2) is 0 Å². The molecule has 1 aromatic carbocycles. The van der Waals surface area contributed by atoms with Gasteiger partial charge in [0.05, 0.1) is 12.8 Å². The van der Waals surface area contributed by atoms with E-state index in [0.717, 1.165) is 31.4 Å². The van der Waals surface area contributed by atoms with Crippen LogP contribution in [0.2, 0.25) is 0 Å². The first-order chi connectivity index (χ1) is 9.70. The fourth-order valence-corrected chi connectivity index (χ4v) is 3.19. The van der Waals surface area contributed by atoms with E-state index in [1.807, 2.05) is 0 Å². The number of fused-ring (bicyclic) bond motifs is 1. The number of Topliss-reactive ketones (excluding diaryl/α,β-unsaturated/α-hetero) is 1.